The molecule has 0 saturated heterocycles. The number of rotatable bonds is 3. The minimum Gasteiger partial charge on any atom is -0.258 e. The molecule has 0 radical (unpaired) electrons. The van der Waals surface area contributed by atoms with Crippen LogP contribution in [-0.4, -0.2) is 13.9 Å². The molecule has 3 nitrogen and oxygen atoms in total. The standard InChI is InChI=1S/C6H5F3O3S2/c7-6(8,9)14(10,11)12-4-5-2-1-3-13-5/h1-3H,4H2. The average Bonchev–Trinajstić information content (AvgIpc) is 2.50. The van der Waals surface area contributed by atoms with Gasteiger partial charge in [-0.05, 0) is 11.4 Å². The summed E-state index contributed by atoms with van der Waals surface area (Å²) in [6, 6.07) is 3.07. The summed E-state index contributed by atoms with van der Waals surface area (Å²) in [7, 11) is -5.47. The second-order valence-electron chi connectivity index (χ2n) is 2.24. The lowest BCUT2D eigenvalue weighted by atomic mass is 10.5. The number of alkyl halides is 3. The Labute approximate surface area is 82.2 Å². The van der Waals surface area contributed by atoms with E-state index in [1.54, 1.807) is 11.4 Å². The van der Waals surface area contributed by atoms with Crippen molar-refractivity contribution in [1.29, 1.82) is 0 Å². The number of halogens is 3. The van der Waals surface area contributed by atoms with Crippen LogP contribution in [0.25, 0.3) is 0 Å². The van der Waals surface area contributed by atoms with Gasteiger partial charge in [0.1, 0.15) is 6.61 Å². The van der Waals surface area contributed by atoms with Crippen LogP contribution in [0.15, 0.2) is 17.5 Å². The van der Waals surface area contributed by atoms with Gasteiger partial charge in [-0.1, -0.05) is 6.07 Å². The molecule has 0 N–H and O–H groups in total. The fourth-order valence-corrected chi connectivity index (χ4v) is 1.70. The molecule has 0 aliphatic rings. The van der Waals surface area contributed by atoms with Gasteiger partial charge in [0.25, 0.3) is 0 Å². The number of thiophene rings is 1. The van der Waals surface area contributed by atoms with Gasteiger partial charge in [-0.25, -0.2) is 0 Å². The summed E-state index contributed by atoms with van der Waals surface area (Å²) >= 11 is 1.12. The van der Waals surface area contributed by atoms with Crippen molar-refractivity contribution >= 4 is 21.5 Å². The Morgan fingerprint density at radius 2 is 2.07 bits per heavy atom. The predicted octanol–water partition coefficient (Wildman–Crippen LogP) is 2.11. The van der Waals surface area contributed by atoms with Gasteiger partial charge in [0, 0.05) is 4.88 Å². The number of hydrogen-bond acceptors (Lipinski definition) is 4. The van der Waals surface area contributed by atoms with Crippen LogP contribution < -0.4 is 0 Å². The van der Waals surface area contributed by atoms with Gasteiger partial charge in [-0.3, -0.25) is 4.18 Å². The SMILES string of the molecule is O=S(=O)(OCc1cccs1)C(F)(F)F. The molecule has 80 valence electrons. The fourth-order valence-electron chi connectivity index (χ4n) is 0.597. The van der Waals surface area contributed by atoms with Gasteiger partial charge in [-0.2, -0.15) is 21.6 Å². The van der Waals surface area contributed by atoms with Crippen molar-refractivity contribution in [1.82, 2.24) is 0 Å². The zero-order valence-electron chi connectivity index (χ0n) is 6.61. The maximum atomic E-state index is 11.8. The van der Waals surface area contributed by atoms with E-state index in [4.69, 9.17) is 0 Å². The van der Waals surface area contributed by atoms with E-state index in [2.05, 4.69) is 4.18 Å². The van der Waals surface area contributed by atoms with Crippen LogP contribution in [0, 0.1) is 0 Å². The molecular weight excluding hydrogens is 241 g/mol. The summed E-state index contributed by atoms with van der Waals surface area (Å²) in [6.45, 7) is -0.584. The molecule has 0 atom stereocenters. The van der Waals surface area contributed by atoms with Crippen LogP contribution in [-0.2, 0) is 20.9 Å². The Morgan fingerprint density at radius 3 is 2.50 bits per heavy atom. The number of hydrogen-bond donors (Lipinski definition) is 0. The predicted molar refractivity (Wildman–Crippen MR) is 44.1 cm³/mol. The quantitative estimate of drug-likeness (QED) is 0.606. The van der Waals surface area contributed by atoms with Crippen molar-refractivity contribution in [3.8, 4) is 0 Å². The summed E-state index contributed by atoms with van der Waals surface area (Å²) in [4.78, 5) is 0.415. The van der Waals surface area contributed by atoms with Crippen LogP contribution >= 0.6 is 11.3 Å². The third kappa shape index (κ3) is 2.69. The van der Waals surface area contributed by atoms with Gasteiger partial charge in [0.15, 0.2) is 0 Å². The molecule has 0 aliphatic heterocycles. The molecule has 8 heteroatoms. The van der Waals surface area contributed by atoms with Gasteiger partial charge in [-0.15, -0.1) is 11.3 Å². The first-order chi connectivity index (χ1) is 6.33. The average molecular weight is 246 g/mol. The monoisotopic (exact) mass is 246 g/mol. The molecule has 0 aromatic carbocycles. The maximum absolute atomic E-state index is 11.8. The van der Waals surface area contributed by atoms with Crippen LogP contribution in [0.4, 0.5) is 13.2 Å². The molecule has 0 saturated carbocycles. The first-order valence-electron chi connectivity index (χ1n) is 3.31. The van der Waals surface area contributed by atoms with E-state index in [-0.39, 0.29) is 0 Å². The lowest BCUT2D eigenvalue weighted by Crippen LogP contribution is -2.25. The zero-order valence-corrected chi connectivity index (χ0v) is 8.25. The van der Waals surface area contributed by atoms with Gasteiger partial charge in [0.2, 0.25) is 0 Å². The maximum Gasteiger partial charge on any atom is 0.523 e. The lowest BCUT2D eigenvalue weighted by molar-refractivity contribution is -0.0547. The zero-order chi connectivity index (χ0) is 10.8. The molecular formula is C6H5F3O3S2. The van der Waals surface area contributed by atoms with Crippen LogP contribution in [0.1, 0.15) is 4.88 Å². The van der Waals surface area contributed by atoms with Crippen molar-refractivity contribution in [2.45, 2.75) is 12.1 Å². The molecule has 0 fully saturated rings. The van der Waals surface area contributed by atoms with Crippen molar-refractivity contribution in [3.05, 3.63) is 22.4 Å². The molecule has 0 spiro atoms. The largest absolute Gasteiger partial charge is 0.523 e. The van der Waals surface area contributed by atoms with E-state index >= 15 is 0 Å². The Bertz CT molecular complexity index is 379. The fraction of sp³-hybridized carbons (Fsp3) is 0.333. The molecule has 0 bridgehead atoms. The molecule has 1 aromatic rings. The summed E-state index contributed by atoms with van der Waals surface area (Å²) in [5, 5.41) is 1.61. The molecule has 1 aromatic heterocycles. The Kier molecular flexibility index (Phi) is 3.17. The molecule has 0 unspecified atom stereocenters. The third-order valence-corrected chi connectivity index (χ3v) is 3.06. The lowest BCUT2D eigenvalue weighted by Gasteiger charge is -2.06. The first-order valence-corrected chi connectivity index (χ1v) is 5.60. The summed E-state index contributed by atoms with van der Waals surface area (Å²) in [6.07, 6.45) is 0. The van der Waals surface area contributed by atoms with Crippen molar-refractivity contribution in [3.63, 3.8) is 0 Å². The smallest absolute Gasteiger partial charge is 0.258 e. The minimum absolute atomic E-state index is 0.415. The van der Waals surface area contributed by atoms with E-state index in [0.717, 1.165) is 11.3 Å². The van der Waals surface area contributed by atoms with Crippen molar-refractivity contribution in [2.75, 3.05) is 0 Å². The first kappa shape index (κ1) is 11.5. The normalized spacial score (nSPS) is 13.1. The second-order valence-corrected chi connectivity index (χ2v) is 4.88. The highest BCUT2D eigenvalue weighted by molar-refractivity contribution is 7.87. The molecule has 0 aliphatic carbocycles. The molecule has 0 amide bonds. The third-order valence-electron chi connectivity index (χ3n) is 1.22. The molecule has 1 heterocycles. The molecule has 1 rings (SSSR count). The second kappa shape index (κ2) is 3.87. The van der Waals surface area contributed by atoms with Gasteiger partial charge >= 0.3 is 15.6 Å². The van der Waals surface area contributed by atoms with Gasteiger partial charge < -0.3 is 0 Å². The van der Waals surface area contributed by atoms with E-state index in [0.29, 0.717) is 4.88 Å². The highest BCUT2D eigenvalue weighted by Gasteiger charge is 2.47. The van der Waals surface area contributed by atoms with E-state index in [1.165, 1.54) is 6.07 Å². The Balaban J connectivity index is 2.63. The molecule has 14 heavy (non-hydrogen) atoms. The summed E-state index contributed by atoms with van der Waals surface area (Å²) in [5.41, 5.74) is -5.36. The van der Waals surface area contributed by atoms with Crippen LogP contribution in [0.2, 0.25) is 0 Å². The van der Waals surface area contributed by atoms with Crippen LogP contribution in [0.5, 0.6) is 0 Å². The van der Waals surface area contributed by atoms with Crippen molar-refractivity contribution in [2.24, 2.45) is 0 Å². The topological polar surface area (TPSA) is 43.4 Å². The highest BCUT2D eigenvalue weighted by Crippen LogP contribution is 2.25. The Hall–Kier alpha value is -0.600. The highest BCUT2D eigenvalue weighted by atomic mass is 32.2. The van der Waals surface area contributed by atoms with E-state index in [9.17, 15) is 21.6 Å². The van der Waals surface area contributed by atoms with E-state index < -0.39 is 22.2 Å². The Morgan fingerprint density at radius 1 is 1.43 bits per heavy atom. The minimum atomic E-state index is -5.47. The van der Waals surface area contributed by atoms with Gasteiger partial charge in [0.05, 0.1) is 0 Å². The summed E-state index contributed by atoms with van der Waals surface area (Å²) < 4.78 is 59.9. The summed E-state index contributed by atoms with van der Waals surface area (Å²) in [5.74, 6) is 0. The van der Waals surface area contributed by atoms with Crippen molar-refractivity contribution < 1.29 is 25.8 Å². The van der Waals surface area contributed by atoms with E-state index in [1.807, 2.05) is 0 Å². The van der Waals surface area contributed by atoms with Crippen LogP contribution in [0.3, 0.4) is 0 Å².